The lowest BCUT2D eigenvalue weighted by atomic mass is 10.4. The van der Waals surface area contributed by atoms with E-state index in [2.05, 4.69) is 9.83 Å². The third-order valence-electron chi connectivity index (χ3n) is 1.12. The monoisotopic (exact) mass is 183 g/mol. The fourth-order valence-electron chi connectivity index (χ4n) is 0.643. The van der Waals surface area contributed by atoms with Crippen LogP contribution in [0.5, 0.6) is 0 Å². The Bertz CT molecular complexity index is 372. The summed E-state index contributed by atoms with van der Waals surface area (Å²) in [6.07, 6.45) is 0. The molecule has 60 valence electrons. The molecule has 0 aliphatic carbocycles. The van der Waals surface area contributed by atoms with Gasteiger partial charge in [0, 0.05) is 12.1 Å². The Kier molecular flexibility index (Phi) is 2.21. The molecular formula is C6H2ClN3O2. The molecule has 0 atom stereocenters. The molecule has 5 nitrogen and oxygen atoms in total. The van der Waals surface area contributed by atoms with Gasteiger partial charge in [-0.3, -0.25) is 10.1 Å². The summed E-state index contributed by atoms with van der Waals surface area (Å²) in [6, 6.07) is 2.43. The van der Waals surface area contributed by atoms with Gasteiger partial charge in [0.25, 0.3) is 5.69 Å². The zero-order valence-electron chi connectivity index (χ0n) is 5.69. The predicted octanol–water partition coefficient (Wildman–Crippen LogP) is 2.19. The van der Waals surface area contributed by atoms with Gasteiger partial charge in [0.2, 0.25) is 5.15 Å². The fourth-order valence-corrected chi connectivity index (χ4v) is 0.786. The van der Waals surface area contributed by atoms with E-state index in [0.29, 0.717) is 0 Å². The largest absolute Gasteiger partial charge is 0.355 e. The van der Waals surface area contributed by atoms with Gasteiger partial charge in [-0.15, -0.1) is 4.98 Å². The highest BCUT2D eigenvalue weighted by molar-refractivity contribution is 6.29. The Balaban J connectivity index is 3.32. The van der Waals surface area contributed by atoms with Crippen molar-refractivity contribution in [1.29, 1.82) is 0 Å². The highest BCUT2D eigenvalue weighted by Gasteiger charge is 2.15. The maximum atomic E-state index is 10.3. The quantitative estimate of drug-likeness (QED) is 0.290. The van der Waals surface area contributed by atoms with Gasteiger partial charge in [0.15, 0.2) is 0 Å². The average Bonchev–Trinajstić information content (AvgIpc) is 2.03. The molecule has 0 saturated heterocycles. The van der Waals surface area contributed by atoms with E-state index in [1.54, 1.807) is 0 Å². The van der Waals surface area contributed by atoms with Crippen LogP contribution in [0.3, 0.4) is 0 Å². The zero-order valence-corrected chi connectivity index (χ0v) is 6.45. The Labute approximate surface area is 72.6 Å². The minimum Gasteiger partial charge on any atom is -0.355 e. The maximum absolute atomic E-state index is 10.3. The normalized spacial score (nSPS) is 9.00. The van der Waals surface area contributed by atoms with Gasteiger partial charge in [0.1, 0.15) is 0 Å². The van der Waals surface area contributed by atoms with E-state index in [-0.39, 0.29) is 16.7 Å². The van der Waals surface area contributed by atoms with Crippen molar-refractivity contribution in [2.75, 3.05) is 0 Å². The Hall–Kier alpha value is -1.67. The second-order valence-corrected chi connectivity index (χ2v) is 2.23. The number of hydrogen-bond donors (Lipinski definition) is 0. The van der Waals surface area contributed by atoms with Crippen LogP contribution in [-0.2, 0) is 0 Å². The van der Waals surface area contributed by atoms with Crippen molar-refractivity contribution in [3.05, 3.63) is 38.8 Å². The number of rotatable bonds is 1. The van der Waals surface area contributed by atoms with Gasteiger partial charge < -0.3 is 4.85 Å². The third kappa shape index (κ3) is 1.49. The molecule has 0 aliphatic rings. The standard InChI is InChI=1S/C6H2ClN3O2/c1-8-6-4(10(11)12)2-3-5(7)9-6/h2-3H. The molecule has 0 unspecified atom stereocenters. The first-order chi connectivity index (χ1) is 5.65. The summed E-state index contributed by atoms with van der Waals surface area (Å²) in [6.45, 7) is 6.57. The summed E-state index contributed by atoms with van der Waals surface area (Å²) < 4.78 is 0. The number of aromatic nitrogens is 1. The number of hydrogen-bond acceptors (Lipinski definition) is 3. The summed E-state index contributed by atoms with van der Waals surface area (Å²) in [5.41, 5.74) is -0.325. The van der Waals surface area contributed by atoms with E-state index in [4.69, 9.17) is 18.2 Å². The highest BCUT2D eigenvalue weighted by atomic mass is 35.5. The van der Waals surface area contributed by atoms with Gasteiger partial charge in [-0.05, 0) is 11.6 Å². The molecular weight excluding hydrogens is 182 g/mol. The molecule has 1 aromatic rings. The van der Waals surface area contributed by atoms with Crippen LogP contribution in [0.15, 0.2) is 12.1 Å². The van der Waals surface area contributed by atoms with Crippen LogP contribution in [0.4, 0.5) is 11.5 Å². The zero-order chi connectivity index (χ0) is 9.14. The van der Waals surface area contributed by atoms with Gasteiger partial charge in [-0.25, -0.2) is 0 Å². The van der Waals surface area contributed by atoms with Crippen LogP contribution in [0.25, 0.3) is 4.85 Å². The molecule has 0 N–H and O–H groups in total. The number of nitro groups is 1. The molecule has 0 saturated carbocycles. The van der Waals surface area contributed by atoms with Gasteiger partial charge in [0.05, 0.1) is 4.92 Å². The van der Waals surface area contributed by atoms with Gasteiger partial charge >= 0.3 is 5.82 Å². The number of nitrogens with zero attached hydrogens (tertiary/aromatic N) is 3. The van der Waals surface area contributed by atoms with E-state index < -0.39 is 4.92 Å². The van der Waals surface area contributed by atoms with Crippen molar-refractivity contribution >= 4 is 23.1 Å². The summed E-state index contributed by atoms with van der Waals surface area (Å²) >= 11 is 5.42. The van der Waals surface area contributed by atoms with Crippen LogP contribution in [0, 0.1) is 16.7 Å². The maximum Gasteiger partial charge on any atom is 0.349 e. The fraction of sp³-hybridized carbons (Fsp3) is 0. The lowest BCUT2D eigenvalue weighted by molar-refractivity contribution is -0.384. The third-order valence-corrected chi connectivity index (χ3v) is 1.33. The average molecular weight is 184 g/mol. The lowest BCUT2D eigenvalue weighted by Crippen LogP contribution is -1.89. The smallest absolute Gasteiger partial charge is 0.349 e. The molecule has 1 heterocycles. The predicted molar refractivity (Wildman–Crippen MR) is 42.2 cm³/mol. The van der Waals surface area contributed by atoms with E-state index in [9.17, 15) is 10.1 Å². The SMILES string of the molecule is [C-]#[N+]c1nc(Cl)ccc1[N+](=O)[O-]. The summed E-state index contributed by atoms with van der Waals surface area (Å²) in [7, 11) is 0. The Morgan fingerprint density at radius 1 is 1.67 bits per heavy atom. The second kappa shape index (κ2) is 3.15. The summed E-state index contributed by atoms with van der Waals surface area (Å²) in [4.78, 5) is 15.9. The van der Waals surface area contributed by atoms with Crippen LogP contribution in [0.1, 0.15) is 0 Å². The molecule has 0 spiro atoms. The highest BCUT2D eigenvalue weighted by Crippen LogP contribution is 2.25. The number of pyridine rings is 1. The van der Waals surface area contributed by atoms with Crippen LogP contribution >= 0.6 is 11.6 Å². The van der Waals surface area contributed by atoms with Crippen molar-refractivity contribution in [1.82, 2.24) is 4.98 Å². The molecule has 1 rings (SSSR count). The second-order valence-electron chi connectivity index (χ2n) is 1.85. The molecule has 0 radical (unpaired) electrons. The van der Waals surface area contributed by atoms with Crippen LogP contribution in [-0.4, -0.2) is 9.91 Å². The first-order valence-electron chi connectivity index (χ1n) is 2.83. The van der Waals surface area contributed by atoms with E-state index in [1.807, 2.05) is 0 Å². The van der Waals surface area contributed by atoms with E-state index in [0.717, 1.165) is 6.07 Å². The van der Waals surface area contributed by atoms with E-state index >= 15 is 0 Å². The molecule has 0 bridgehead atoms. The topological polar surface area (TPSA) is 60.4 Å². The van der Waals surface area contributed by atoms with E-state index in [1.165, 1.54) is 6.07 Å². The molecule has 0 fully saturated rings. The minimum atomic E-state index is -0.670. The molecule has 0 amide bonds. The molecule has 12 heavy (non-hydrogen) atoms. The molecule has 1 aromatic heterocycles. The molecule has 6 heteroatoms. The lowest BCUT2D eigenvalue weighted by Gasteiger charge is -1.91. The first-order valence-corrected chi connectivity index (χ1v) is 3.21. The van der Waals surface area contributed by atoms with Crippen molar-refractivity contribution in [3.8, 4) is 0 Å². The first kappa shape index (κ1) is 8.43. The van der Waals surface area contributed by atoms with Crippen molar-refractivity contribution in [2.45, 2.75) is 0 Å². The molecule has 0 aliphatic heterocycles. The Morgan fingerprint density at radius 3 is 2.83 bits per heavy atom. The van der Waals surface area contributed by atoms with Crippen LogP contribution < -0.4 is 0 Å². The van der Waals surface area contributed by atoms with Crippen molar-refractivity contribution in [2.24, 2.45) is 0 Å². The van der Waals surface area contributed by atoms with Gasteiger partial charge in [-0.1, -0.05) is 6.57 Å². The van der Waals surface area contributed by atoms with Crippen molar-refractivity contribution < 1.29 is 4.92 Å². The molecule has 0 aromatic carbocycles. The van der Waals surface area contributed by atoms with Crippen LogP contribution in [0.2, 0.25) is 5.15 Å². The van der Waals surface area contributed by atoms with Gasteiger partial charge in [-0.2, -0.15) is 0 Å². The number of halogens is 1. The summed E-state index contributed by atoms with van der Waals surface area (Å²) in [5.74, 6) is -0.285. The summed E-state index contributed by atoms with van der Waals surface area (Å²) in [5, 5.41) is 10.3. The Morgan fingerprint density at radius 2 is 2.33 bits per heavy atom. The van der Waals surface area contributed by atoms with Crippen molar-refractivity contribution in [3.63, 3.8) is 0 Å². The minimum absolute atomic E-state index is 0.0756.